The molecule has 0 heterocycles. The third-order valence-corrected chi connectivity index (χ3v) is 8.01. The highest BCUT2D eigenvalue weighted by Crippen LogP contribution is 2.37. The fraction of sp³-hybridized carbons (Fsp3) is 0. The van der Waals surface area contributed by atoms with E-state index in [1.165, 1.54) is 0 Å². The van der Waals surface area contributed by atoms with Crippen LogP contribution in [-0.2, 0) is 0 Å². The summed E-state index contributed by atoms with van der Waals surface area (Å²) >= 11 is 0. The second kappa shape index (κ2) is 12.5. The molecular weight excluding hydrogens is 497 g/mol. The first-order valence-electron chi connectivity index (χ1n) is 12.5. The third kappa shape index (κ3) is 6.30. The van der Waals surface area contributed by atoms with Crippen molar-refractivity contribution in [1.29, 1.82) is 5.26 Å². The van der Waals surface area contributed by atoms with E-state index >= 15 is 0 Å². The van der Waals surface area contributed by atoms with Crippen LogP contribution in [0.15, 0.2) is 162 Å². The number of hydrogen-bond acceptors (Lipinski definition) is 4. The minimum Gasteiger partial charge on any atom is -0.440 e. The van der Waals surface area contributed by atoms with E-state index in [1.807, 2.05) is 109 Å². The Bertz CT molecular complexity index is 1570. The fourth-order valence-electron chi connectivity index (χ4n) is 4.10. The summed E-state index contributed by atoms with van der Waals surface area (Å²) in [5.74, 6) is 0.546. The number of rotatable bonds is 8. The maximum atomic E-state index is 10.3. The van der Waals surface area contributed by atoms with Crippen LogP contribution in [0.1, 0.15) is 5.56 Å². The molecule has 4 nitrogen and oxygen atoms in total. The van der Waals surface area contributed by atoms with Crippen molar-refractivity contribution in [2.75, 3.05) is 0 Å². The molecule has 0 aliphatic rings. The highest BCUT2D eigenvalue weighted by Gasteiger charge is 2.21. The first-order chi connectivity index (χ1) is 19.2. The topological polar surface area (TPSA) is 71.4 Å². The summed E-state index contributed by atoms with van der Waals surface area (Å²) in [7, 11) is -1.17. The maximum Gasteiger partial charge on any atom is 0.211 e. The molecule has 0 unspecified atom stereocenters. The van der Waals surface area contributed by atoms with Gasteiger partial charge in [0, 0.05) is 16.2 Å². The number of hydrogen-bond donors (Lipinski definition) is 1. The molecule has 0 aromatic heterocycles. The molecular formula is C34H26N3OP. The molecule has 39 heavy (non-hydrogen) atoms. The van der Waals surface area contributed by atoms with Gasteiger partial charge in [0.25, 0.3) is 0 Å². The molecule has 0 atom stereocenters. The molecule has 0 radical (unpaired) electrons. The Hall–Kier alpha value is -4.97. The largest absolute Gasteiger partial charge is 0.440 e. The molecule has 0 fully saturated rings. The number of nitriles is 1. The lowest BCUT2D eigenvalue weighted by Crippen LogP contribution is -2.18. The average Bonchev–Trinajstić information content (AvgIpc) is 3.01. The molecule has 0 aliphatic carbocycles. The van der Waals surface area contributed by atoms with Crippen molar-refractivity contribution >= 4 is 24.4 Å². The quantitative estimate of drug-likeness (QED) is 0.103. The number of allylic oxidation sites excluding steroid dienone is 1. The van der Waals surface area contributed by atoms with Gasteiger partial charge in [0.1, 0.15) is 17.4 Å². The lowest BCUT2D eigenvalue weighted by Gasteiger charge is -2.17. The van der Waals surface area contributed by atoms with Crippen LogP contribution in [-0.4, -0.2) is 5.71 Å². The van der Waals surface area contributed by atoms with Crippen molar-refractivity contribution in [3.05, 3.63) is 163 Å². The van der Waals surface area contributed by atoms with E-state index in [9.17, 15) is 5.26 Å². The Kier molecular flexibility index (Phi) is 8.24. The number of nitrogens with zero attached hydrogens (tertiary/aromatic N) is 2. The lowest BCUT2D eigenvalue weighted by atomic mass is 10.0. The summed E-state index contributed by atoms with van der Waals surface area (Å²) in [6, 6.07) is 49.9. The molecule has 0 bridgehead atoms. The Balaban J connectivity index is 1.57. The van der Waals surface area contributed by atoms with Crippen molar-refractivity contribution < 1.29 is 4.74 Å². The zero-order chi connectivity index (χ0) is 26.9. The summed E-state index contributed by atoms with van der Waals surface area (Å²) in [5, 5.41) is 12.5. The molecule has 188 valence electrons. The van der Waals surface area contributed by atoms with Gasteiger partial charge in [-0.2, -0.15) is 5.26 Å². The van der Waals surface area contributed by atoms with E-state index < -0.39 is 8.07 Å². The summed E-state index contributed by atoms with van der Waals surface area (Å²) in [6.45, 7) is 0. The van der Waals surface area contributed by atoms with Gasteiger partial charge in [-0.15, -0.1) is 0 Å². The Labute approximate surface area is 230 Å². The normalized spacial score (nSPS) is 11.9. The summed E-state index contributed by atoms with van der Waals surface area (Å²) in [4.78, 5) is 0. The third-order valence-electron chi connectivity index (χ3n) is 6.03. The predicted molar refractivity (Wildman–Crippen MR) is 161 cm³/mol. The van der Waals surface area contributed by atoms with E-state index in [1.54, 1.807) is 0 Å². The van der Waals surface area contributed by atoms with Crippen molar-refractivity contribution in [2.45, 2.75) is 0 Å². The van der Waals surface area contributed by atoms with E-state index in [2.05, 4.69) is 42.5 Å². The number of nitrogens with two attached hydrogens (primary N) is 1. The van der Waals surface area contributed by atoms with E-state index in [4.69, 9.17) is 15.2 Å². The van der Waals surface area contributed by atoms with Crippen molar-refractivity contribution in [3.8, 4) is 22.9 Å². The van der Waals surface area contributed by atoms with Crippen LogP contribution in [0.4, 0.5) is 0 Å². The second-order valence-electron chi connectivity index (χ2n) is 8.64. The van der Waals surface area contributed by atoms with E-state index in [-0.39, 0.29) is 11.5 Å². The van der Waals surface area contributed by atoms with Gasteiger partial charge in [-0.1, -0.05) is 133 Å². The van der Waals surface area contributed by atoms with Gasteiger partial charge in [0.15, 0.2) is 0 Å². The monoisotopic (exact) mass is 523 g/mol. The molecule has 5 aromatic rings. The van der Waals surface area contributed by atoms with E-state index in [0.29, 0.717) is 11.5 Å². The van der Waals surface area contributed by atoms with Gasteiger partial charge in [-0.3, -0.25) is 0 Å². The summed E-state index contributed by atoms with van der Waals surface area (Å²) in [6.07, 6.45) is 0. The van der Waals surface area contributed by atoms with Gasteiger partial charge in [0.05, 0.1) is 13.8 Å². The predicted octanol–water partition coefficient (Wildman–Crippen LogP) is 6.96. The standard InChI is InChI=1S/C34H26N3OP/c35-25-32(34(36)38-29-23-21-27(22-24-29)26-13-5-1-6-14-26)33(28-15-7-2-8-16-28)37-39(30-17-9-3-10-18-30)31-19-11-4-12-20-31/h1-24H,36H2/b34-32+,37-33-. The molecule has 0 aliphatic heterocycles. The van der Waals surface area contributed by atoms with Crippen LogP contribution in [0.3, 0.4) is 0 Å². The zero-order valence-electron chi connectivity index (χ0n) is 21.2. The minimum absolute atomic E-state index is 0.00337. The first-order valence-corrected chi connectivity index (χ1v) is 13.8. The molecule has 0 amide bonds. The smallest absolute Gasteiger partial charge is 0.211 e. The number of ether oxygens (including phenoxy) is 1. The van der Waals surface area contributed by atoms with Gasteiger partial charge in [-0.25, -0.2) is 4.76 Å². The Morgan fingerprint density at radius 2 is 1.08 bits per heavy atom. The molecule has 0 saturated carbocycles. The van der Waals surface area contributed by atoms with Gasteiger partial charge >= 0.3 is 0 Å². The second-order valence-corrected chi connectivity index (χ2v) is 10.5. The van der Waals surface area contributed by atoms with Gasteiger partial charge in [0.2, 0.25) is 5.88 Å². The van der Waals surface area contributed by atoms with Crippen molar-refractivity contribution in [1.82, 2.24) is 0 Å². The van der Waals surface area contributed by atoms with Crippen LogP contribution >= 0.6 is 8.07 Å². The van der Waals surface area contributed by atoms with Crippen molar-refractivity contribution in [3.63, 3.8) is 0 Å². The minimum atomic E-state index is -1.17. The number of benzene rings is 5. The van der Waals surface area contributed by atoms with Crippen LogP contribution in [0.25, 0.3) is 11.1 Å². The highest BCUT2D eigenvalue weighted by atomic mass is 31.1. The SMILES string of the molecule is N#CC(/C(=N\P(c1ccccc1)c1ccccc1)c1ccccc1)=C(/N)Oc1ccc(-c2ccccc2)cc1. The van der Waals surface area contributed by atoms with Crippen LogP contribution in [0.2, 0.25) is 0 Å². The zero-order valence-corrected chi connectivity index (χ0v) is 22.1. The summed E-state index contributed by atoms with van der Waals surface area (Å²) in [5.41, 5.74) is 10.1. The first kappa shape index (κ1) is 25.7. The summed E-state index contributed by atoms with van der Waals surface area (Å²) < 4.78 is 11.2. The van der Waals surface area contributed by atoms with Crippen LogP contribution in [0.5, 0.6) is 5.75 Å². The maximum absolute atomic E-state index is 10.3. The molecule has 0 spiro atoms. The molecule has 5 rings (SSSR count). The van der Waals surface area contributed by atoms with Crippen molar-refractivity contribution in [2.24, 2.45) is 10.5 Å². The Morgan fingerprint density at radius 1 is 0.615 bits per heavy atom. The molecule has 5 aromatic carbocycles. The molecule has 5 heteroatoms. The lowest BCUT2D eigenvalue weighted by molar-refractivity contribution is 0.418. The fourth-order valence-corrected chi connectivity index (χ4v) is 5.95. The van der Waals surface area contributed by atoms with Gasteiger partial charge < -0.3 is 10.5 Å². The molecule has 0 saturated heterocycles. The highest BCUT2D eigenvalue weighted by molar-refractivity contribution is 7.72. The van der Waals surface area contributed by atoms with Gasteiger partial charge in [-0.05, 0) is 23.3 Å². The van der Waals surface area contributed by atoms with E-state index in [0.717, 1.165) is 27.3 Å². The molecule has 2 N–H and O–H groups in total. The van der Waals surface area contributed by atoms with Crippen LogP contribution < -0.4 is 21.1 Å². The average molecular weight is 524 g/mol. The van der Waals surface area contributed by atoms with Crippen LogP contribution in [0, 0.1) is 11.3 Å². The Morgan fingerprint density at radius 3 is 1.59 bits per heavy atom.